The van der Waals surface area contributed by atoms with Crippen LogP contribution in [-0.2, 0) is 16.1 Å². The van der Waals surface area contributed by atoms with E-state index in [2.05, 4.69) is 10.4 Å². The van der Waals surface area contributed by atoms with Gasteiger partial charge in [-0.1, -0.05) is 18.4 Å². The van der Waals surface area contributed by atoms with E-state index in [0.29, 0.717) is 36.7 Å². The molecule has 1 aliphatic carbocycles. The summed E-state index contributed by atoms with van der Waals surface area (Å²) in [4.78, 5) is 40.8. The average molecular weight is 473 g/mol. The van der Waals surface area contributed by atoms with Gasteiger partial charge in [-0.05, 0) is 45.6 Å². The van der Waals surface area contributed by atoms with E-state index in [1.807, 2.05) is 27.7 Å². The second-order valence-electron chi connectivity index (χ2n) is 9.88. The number of morpholine rings is 1. The highest BCUT2D eigenvalue weighted by Crippen LogP contribution is 2.22. The van der Waals surface area contributed by atoms with E-state index in [-0.39, 0.29) is 41.4 Å². The number of hydrogen-bond donors (Lipinski definition) is 3. The monoisotopic (exact) mass is 472 g/mol. The van der Waals surface area contributed by atoms with Crippen molar-refractivity contribution in [3.05, 3.63) is 33.3 Å². The van der Waals surface area contributed by atoms with Gasteiger partial charge < -0.3 is 20.1 Å². The number of nitrogens with one attached hydrogen (secondary N) is 2. The van der Waals surface area contributed by atoms with E-state index < -0.39 is 11.5 Å². The van der Waals surface area contributed by atoms with Gasteiger partial charge in [0.2, 0.25) is 11.5 Å². The van der Waals surface area contributed by atoms with Gasteiger partial charge in [-0.3, -0.25) is 9.59 Å². The maximum absolute atomic E-state index is 13.3. The van der Waals surface area contributed by atoms with Crippen LogP contribution in [0.5, 0.6) is 5.88 Å². The molecule has 4 rings (SSSR count). The number of nitrogens with zero attached hydrogens (tertiary/aromatic N) is 3. The number of carbonyl (C=O) groups is 2. The fraction of sp³-hybridized carbons (Fsp3) is 0.583. The Bertz CT molecular complexity index is 1200. The van der Waals surface area contributed by atoms with Crippen molar-refractivity contribution in [1.82, 2.24) is 19.8 Å². The average Bonchev–Trinajstić information content (AvgIpc) is 3.50. The van der Waals surface area contributed by atoms with Crippen LogP contribution in [0, 0.1) is 12.8 Å². The minimum Gasteiger partial charge on any atom is -0.477 e. The molecule has 1 saturated carbocycles. The summed E-state index contributed by atoms with van der Waals surface area (Å²) in [6.45, 7) is 11.0. The van der Waals surface area contributed by atoms with E-state index in [4.69, 9.17) is 4.74 Å². The van der Waals surface area contributed by atoms with E-state index in [1.165, 1.54) is 10.6 Å². The molecule has 0 unspecified atom stereocenters. The molecule has 2 atom stereocenters. The van der Waals surface area contributed by atoms with Crippen LogP contribution in [0.3, 0.4) is 0 Å². The molecule has 0 aromatic carbocycles. The van der Waals surface area contributed by atoms with Gasteiger partial charge in [-0.25, -0.2) is 9.89 Å². The highest BCUT2D eigenvalue weighted by molar-refractivity contribution is 5.96. The quantitative estimate of drug-likeness (QED) is 0.430. The highest BCUT2D eigenvalue weighted by atomic mass is 16.5. The van der Waals surface area contributed by atoms with Crippen molar-refractivity contribution < 1.29 is 24.0 Å². The van der Waals surface area contributed by atoms with Crippen molar-refractivity contribution in [3.63, 3.8) is 0 Å². The van der Waals surface area contributed by atoms with Crippen LogP contribution in [0.1, 0.15) is 62.2 Å². The lowest BCUT2D eigenvalue weighted by atomic mass is 10.1. The van der Waals surface area contributed by atoms with E-state index >= 15 is 0 Å². The Balaban J connectivity index is 1.81. The molecule has 2 aliphatic rings. The Morgan fingerprint density at radius 2 is 1.91 bits per heavy atom. The number of fused-ring (bicyclic) bond motifs is 1. The van der Waals surface area contributed by atoms with Crippen LogP contribution in [0.2, 0.25) is 0 Å². The molecule has 10 heteroatoms. The zero-order valence-electron chi connectivity index (χ0n) is 20.4. The Morgan fingerprint density at radius 1 is 1.26 bits per heavy atom. The molecule has 34 heavy (non-hydrogen) atoms. The van der Waals surface area contributed by atoms with Crippen molar-refractivity contribution in [2.24, 2.45) is 5.92 Å². The van der Waals surface area contributed by atoms with Gasteiger partial charge in [0.25, 0.3) is 5.91 Å². The van der Waals surface area contributed by atoms with Gasteiger partial charge in [-0.2, -0.15) is 4.57 Å². The molecule has 2 fully saturated rings. The number of carbonyl (C=O) groups excluding carboxylic acids is 2. The van der Waals surface area contributed by atoms with Gasteiger partial charge in [0.1, 0.15) is 0 Å². The summed E-state index contributed by atoms with van der Waals surface area (Å²) < 4.78 is 8.37. The number of aromatic nitrogens is 3. The molecule has 2 aromatic heterocycles. The number of H-pyrrole nitrogens is 1. The Morgan fingerprint density at radius 3 is 2.50 bits per heavy atom. The minimum absolute atomic E-state index is 0.0463. The number of hydrogen-bond acceptors (Lipinski definition) is 5. The molecular weight excluding hydrogens is 438 g/mol. The zero-order valence-corrected chi connectivity index (χ0v) is 20.4. The summed E-state index contributed by atoms with van der Waals surface area (Å²) in [5.74, 6) is -0.969. The number of ether oxygens (including phenoxy) is 1. The number of amides is 2. The fourth-order valence-electron chi connectivity index (χ4n) is 4.53. The Hall–Kier alpha value is -3.14. The van der Waals surface area contributed by atoms with Gasteiger partial charge in [0.05, 0.1) is 43.1 Å². The molecule has 1 aliphatic heterocycles. The van der Waals surface area contributed by atoms with Crippen molar-refractivity contribution in [2.75, 3.05) is 13.2 Å². The summed E-state index contributed by atoms with van der Waals surface area (Å²) in [5, 5.41) is 16.9. The number of aromatic hydroxyl groups is 1. The Labute approximate surface area is 198 Å². The van der Waals surface area contributed by atoms with Gasteiger partial charge in [0.15, 0.2) is 0 Å². The maximum Gasteiger partial charge on any atom is 0.378 e. The molecule has 10 nitrogen and oxygen atoms in total. The molecule has 3 heterocycles. The Kier molecular flexibility index (Phi) is 6.53. The second-order valence-corrected chi connectivity index (χ2v) is 9.88. The maximum atomic E-state index is 13.3. The molecule has 0 spiro atoms. The molecule has 2 amide bonds. The van der Waals surface area contributed by atoms with Crippen molar-refractivity contribution in [1.29, 1.82) is 0 Å². The molecule has 0 bridgehead atoms. The van der Waals surface area contributed by atoms with Crippen LogP contribution in [0.4, 0.5) is 0 Å². The first kappa shape index (κ1) is 24.0. The lowest BCUT2D eigenvalue weighted by Gasteiger charge is -2.38. The standard InChI is InChI=1S/C24H33N5O5/c1-13(2)10-27-22-18(8-9-19(30)28-14(3)11-34-12-15(28)4)16(5)26-29(22)24(33)20(23(27)32)21(31)25-17-6-7-17/h8-9,13-15,17H,6-7,10-12H2,1-5H3,(H2,25,31,32,33)/p+1/b9-8+/t14-,15-/m1/s1. The molecule has 184 valence electrons. The van der Waals surface area contributed by atoms with Crippen molar-refractivity contribution >= 4 is 23.5 Å². The van der Waals surface area contributed by atoms with Crippen molar-refractivity contribution in [2.45, 2.75) is 72.1 Å². The fourth-order valence-corrected chi connectivity index (χ4v) is 4.53. The third-order valence-electron chi connectivity index (χ3n) is 6.29. The summed E-state index contributed by atoms with van der Waals surface area (Å²) >= 11 is 0. The first-order chi connectivity index (χ1) is 16.1. The van der Waals surface area contributed by atoms with Crippen LogP contribution in [-0.4, -0.2) is 62.8 Å². The number of aryl methyl sites for hydroxylation is 1. The topological polar surface area (TPSA) is 120 Å². The first-order valence-corrected chi connectivity index (χ1v) is 11.9. The molecule has 2 aromatic rings. The third kappa shape index (κ3) is 4.46. The van der Waals surface area contributed by atoms with Gasteiger partial charge in [-0.15, -0.1) is 0 Å². The predicted molar refractivity (Wildman–Crippen MR) is 126 cm³/mol. The molecular formula is C24H34N5O5+. The smallest absolute Gasteiger partial charge is 0.378 e. The SMILES string of the molecule is Cc1[nH]n2c(=O)c(C(=O)NC3CC3)c(O)[n+](CC(C)C)c2c1/C=C/C(=O)N1[C@H](C)COC[C@H]1C. The number of aromatic amines is 1. The molecule has 1 saturated heterocycles. The van der Waals surface area contributed by atoms with Crippen LogP contribution < -0.4 is 15.4 Å². The van der Waals surface area contributed by atoms with Gasteiger partial charge in [0, 0.05) is 12.1 Å². The summed E-state index contributed by atoms with van der Waals surface area (Å²) in [6.07, 6.45) is 4.89. The van der Waals surface area contributed by atoms with Crippen LogP contribution in [0.15, 0.2) is 10.9 Å². The lowest BCUT2D eigenvalue weighted by molar-refractivity contribution is -0.686. The first-order valence-electron chi connectivity index (χ1n) is 11.9. The van der Waals surface area contributed by atoms with E-state index in [9.17, 15) is 19.5 Å². The van der Waals surface area contributed by atoms with Crippen LogP contribution >= 0.6 is 0 Å². The van der Waals surface area contributed by atoms with Gasteiger partial charge >= 0.3 is 17.1 Å². The summed E-state index contributed by atoms with van der Waals surface area (Å²) in [6, 6.07) is -0.0458. The summed E-state index contributed by atoms with van der Waals surface area (Å²) in [7, 11) is 0. The number of rotatable bonds is 6. The van der Waals surface area contributed by atoms with Crippen LogP contribution in [0.25, 0.3) is 11.7 Å². The predicted octanol–water partition coefficient (Wildman–Crippen LogP) is 1.13. The van der Waals surface area contributed by atoms with E-state index in [1.54, 1.807) is 22.5 Å². The zero-order chi connectivity index (χ0) is 24.7. The van der Waals surface area contributed by atoms with Crippen molar-refractivity contribution in [3.8, 4) is 5.88 Å². The normalized spacial score (nSPS) is 21.1. The highest BCUT2D eigenvalue weighted by Gasteiger charge is 2.35. The third-order valence-corrected chi connectivity index (χ3v) is 6.29. The molecule has 0 radical (unpaired) electrons. The minimum atomic E-state index is -0.629. The molecule has 3 N–H and O–H groups in total. The van der Waals surface area contributed by atoms with E-state index in [0.717, 1.165) is 12.8 Å². The summed E-state index contributed by atoms with van der Waals surface area (Å²) in [5.41, 5.74) is 0.734. The second kappa shape index (κ2) is 9.25. The lowest BCUT2D eigenvalue weighted by Crippen LogP contribution is -2.51. The largest absolute Gasteiger partial charge is 0.477 e.